The van der Waals surface area contributed by atoms with Crippen LogP contribution in [0.4, 0.5) is 0 Å². The van der Waals surface area contributed by atoms with E-state index in [2.05, 4.69) is 19.2 Å². The van der Waals surface area contributed by atoms with Crippen molar-refractivity contribution in [2.24, 2.45) is 0 Å². The first kappa shape index (κ1) is 63.6. The monoisotopic (exact) mass is 918 g/mol. The molecular weight excluding hydrogens is 803 g/mol. The third kappa shape index (κ3) is 51.8. The van der Waals surface area contributed by atoms with Gasteiger partial charge in [-0.2, -0.15) is 0 Å². The molecule has 0 radical (unpaired) electrons. The van der Waals surface area contributed by atoms with Crippen LogP contribution in [-0.4, -0.2) is 47.4 Å². The number of hydrogen-bond acceptors (Lipinski definition) is 5. The molecular formula is C59H115NO5. The number of ether oxygens (including phenoxy) is 1. The molecule has 0 rings (SSSR count). The number of unbranched alkanes of at least 4 members (excludes halogenated alkanes) is 44. The summed E-state index contributed by atoms with van der Waals surface area (Å²) in [5.41, 5.74) is 0. The quantitative estimate of drug-likeness (QED) is 0.0321. The maximum absolute atomic E-state index is 12.4. The Bertz CT molecular complexity index is 970. The van der Waals surface area contributed by atoms with Gasteiger partial charge in [-0.1, -0.05) is 296 Å². The smallest absolute Gasteiger partial charge is 0.305 e. The standard InChI is InChI=1S/C59H115NO5/c1-3-5-7-9-11-13-15-28-32-35-39-43-47-51-57(62)56(55-61)60-58(63)52-48-44-40-36-33-29-26-24-22-20-18-16-17-19-21-23-25-27-30-34-38-42-46-50-54-65-59(64)53-49-45-41-37-31-14-12-10-8-6-4-2/h47,51,56-57,61-62H,3-46,48-50,52-55H2,1-2H3,(H,60,63)/b51-47+. The summed E-state index contributed by atoms with van der Waals surface area (Å²) in [4.78, 5) is 24.4. The van der Waals surface area contributed by atoms with Gasteiger partial charge < -0.3 is 20.3 Å². The molecule has 0 fully saturated rings. The molecule has 0 aromatic carbocycles. The van der Waals surface area contributed by atoms with Crippen molar-refractivity contribution in [3.63, 3.8) is 0 Å². The zero-order valence-corrected chi connectivity index (χ0v) is 44.0. The molecule has 386 valence electrons. The lowest BCUT2D eigenvalue weighted by Gasteiger charge is -2.20. The van der Waals surface area contributed by atoms with Gasteiger partial charge in [0.2, 0.25) is 5.91 Å². The van der Waals surface area contributed by atoms with Crippen LogP contribution in [0.5, 0.6) is 0 Å². The minimum absolute atomic E-state index is 0.0149. The van der Waals surface area contributed by atoms with Gasteiger partial charge in [-0.3, -0.25) is 9.59 Å². The van der Waals surface area contributed by atoms with E-state index in [-0.39, 0.29) is 18.5 Å². The highest BCUT2D eigenvalue weighted by molar-refractivity contribution is 5.76. The van der Waals surface area contributed by atoms with Crippen LogP contribution in [-0.2, 0) is 14.3 Å². The molecule has 65 heavy (non-hydrogen) atoms. The largest absolute Gasteiger partial charge is 0.466 e. The lowest BCUT2D eigenvalue weighted by Crippen LogP contribution is -2.45. The zero-order valence-electron chi connectivity index (χ0n) is 44.0. The Hall–Kier alpha value is -1.40. The van der Waals surface area contributed by atoms with Crippen LogP contribution in [0.3, 0.4) is 0 Å². The Kier molecular flexibility index (Phi) is 54.0. The fourth-order valence-corrected chi connectivity index (χ4v) is 9.28. The Morgan fingerprint density at radius 2 is 0.708 bits per heavy atom. The third-order valence-electron chi connectivity index (χ3n) is 13.8. The van der Waals surface area contributed by atoms with E-state index in [1.54, 1.807) is 6.08 Å². The van der Waals surface area contributed by atoms with Crippen LogP contribution in [0, 0.1) is 0 Å². The van der Waals surface area contributed by atoms with Gasteiger partial charge in [-0.15, -0.1) is 0 Å². The Balaban J connectivity index is 3.37. The normalized spacial score (nSPS) is 12.6. The number of amides is 1. The van der Waals surface area contributed by atoms with Gasteiger partial charge in [-0.05, 0) is 32.1 Å². The molecule has 0 saturated carbocycles. The molecule has 0 heterocycles. The summed E-state index contributed by atoms with van der Waals surface area (Å²) in [6.07, 6.45) is 65.3. The molecule has 3 N–H and O–H groups in total. The van der Waals surface area contributed by atoms with Crippen molar-refractivity contribution in [1.82, 2.24) is 5.32 Å². The molecule has 6 nitrogen and oxygen atoms in total. The predicted molar refractivity (Wildman–Crippen MR) is 283 cm³/mol. The number of allylic oxidation sites excluding steroid dienone is 1. The van der Waals surface area contributed by atoms with E-state index in [0.29, 0.717) is 19.4 Å². The van der Waals surface area contributed by atoms with E-state index >= 15 is 0 Å². The number of aliphatic hydroxyl groups is 2. The highest BCUT2D eigenvalue weighted by Gasteiger charge is 2.18. The minimum atomic E-state index is -0.841. The molecule has 0 saturated heterocycles. The second-order valence-corrected chi connectivity index (χ2v) is 20.3. The summed E-state index contributed by atoms with van der Waals surface area (Å²) < 4.78 is 5.47. The van der Waals surface area contributed by atoms with E-state index in [0.717, 1.165) is 38.5 Å². The average Bonchev–Trinajstić information content (AvgIpc) is 3.31. The fourth-order valence-electron chi connectivity index (χ4n) is 9.28. The predicted octanol–water partition coefficient (Wildman–Crippen LogP) is 18.1. The highest BCUT2D eigenvalue weighted by Crippen LogP contribution is 2.18. The summed E-state index contributed by atoms with van der Waals surface area (Å²) >= 11 is 0. The maximum Gasteiger partial charge on any atom is 0.305 e. The van der Waals surface area contributed by atoms with Gasteiger partial charge >= 0.3 is 5.97 Å². The van der Waals surface area contributed by atoms with Crippen molar-refractivity contribution in [3.05, 3.63) is 12.2 Å². The molecule has 0 aromatic heterocycles. The van der Waals surface area contributed by atoms with E-state index in [1.165, 1.54) is 263 Å². The van der Waals surface area contributed by atoms with Gasteiger partial charge in [0.1, 0.15) is 0 Å². The average molecular weight is 919 g/mol. The lowest BCUT2D eigenvalue weighted by molar-refractivity contribution is -0.143. The first-order valence-corrected chi connectivity index (χ1v) is 29.5. The van der Waals surface area contributed by atoms with E-state index < -0.39 is 12.1 Å². The van der Waals surface area contributed by atoms with Gasteiger partial charge in [0.25, 0.3) is 0 Å². The highest BCUT2D eigenvalue weighted by atomic mass is 16.5. The third-order valence-corrected chi connectivity index (χ3v) is 13.8. The van der Waals surface area contributed by atoms with Crippen LogP contribution in [0.2, 0.25) is 0 Å². The number of carbonyl (C=O) groups is 2. The fraction of sp³-hybridized carbons (Fsp3) is 0.932. The molecule has 0 bridgehead atoms. The Morgan fingerprint density at radius 1 is 0.415 bits per heavy atom. The number of esters is 1. The van der Waals surface area contributed by atoms with Crippen LogP contribution in [0.1, 0.15) is 328 Å². The summed E-state index contributed by atoms with van der Waals surface area (Å²) in [7, 11) is 0. The van der Waals surface area contributed by atoms with Crippen LogP contribution >= 0.6 is 0 Å². The molecule has 0 aromatic rings. The van der Waals surface area contributed by atoms with Gasteiger partial charge in [0.15, 0.2) is 0 Å². The molecule has 1 amide bonds. The van der Waals surface area contributed by atoms with E-state index in [1.807, 2.05) is 6.08 Å². The molecule has 2 atom stereocenters. The summed E-state index contributed by atoms with van der Waals surface area (Å²) in [5.74, 6) is -0.0508. The minimum Gasteiger partial charge on any atom is -0.466 e. The topological polar surface area (TPSA) is 95.9 Å². The zero-order chi connectivity index (χ0) is 47.2. The molecule has 0 aliphatic carbocycles. The van der Waals surface area contributed by atoms with Gasteiger partial charge in [0.05, 0.1) is 25.4 Å². The van der Waals surface area contributed by atoms with Gasteiger partial charge in [-0.25, -0.2) is 0 Å². The summed E-state index contributed by atoms with van der Waals surface area (Å²) in [6.45, 7) is 4.91. The van der Waals surface area contributed by atoms with Crippen LogP contribution in [0.15, 0.2) is 12.2 Å². The number of hydrogen-bond donors (Lipinski definition) is 3. The second-order valence-electron chi connectivity index (χ2n) is 20.3. The SMILES string of the molecule is CCCCCCCCCCCCC/C=C/C(O)C(CO)NC(=O)CCCCCCCCCCCCCCCCCCCCCCCCCCOC(=O)CCCCCCCCCCCCC. The summed E-state index contributed by atoms with van der Waals surface area (Å²) in [6, 6.07) is -0.625. The van der Waals surface area contributed by atoms with Crippen molar-refractivity contribution < 1.29 is 24.5 Å². The van der Waals surface area contributed by atoms with Crippen molar-refractivity contribution in [1.29, 1.82) is 0 Å². The van der Waals surface area contributed by atoms with E-state index in [9.17, 15) is 19.8 Å². The number of carbonyl (C=O) groups excluding carboxylic acids is 2. The molecule has 0 aliphatic rings. The number of aliphatic hydroxyl groups excluding tert-OH is 2. The second kappa shape index (κ2) is 55.2. The first-order chi connectivity index (χ1) is 32.0. The lowest BCUT2D eigenvalue weighted by atomic mass is 10.0. The number of rotatable bonds is 55. The van der Waals surface area contributed by atoms with Crippen molar-refractivity contribution in [2.45, 2.75) is 341 Å². The van der Waals surface area contributed by atoms with Gasteiger partial charge in [0, 0.05) is 12.8 Å². The Labute approximate surface area is 406 Å². The van der Waals surface area contributed by atoms with Crippen molar-refractivity contribution in [3.8, 4) is 0 Å². The van der Waals surface area contributed by atoms with Crippen molar-refractivity contribution in [2.75, 3.05) is 13.2 Å². The maximum atomic E-state index is 12.4. The number of nitrogens with one attached hydrogen (secondary N) is 1. The Morgan fingerprint density at radius 3 is 1.05 bits per heavy atom. The van der Waals surface area contributed by atoms with Crippen LogP contribution in [0.25, 0.3) is 0 Å². The summed E-state index contributed by atoms with van der Waals surface area (Å²) in [5, 5.41) is 23.1. The van der Waals surface area contributed by atoms with Crippen molar-refractivity contribution >= 4 is 11.9 Å². The van der Waals surface area contributed by atoms with Crippen LogP contribution < -0.4 is 5.32 Å². The molecule has 2 unspecified atom stereocenters. The molecule has 0 aliphatic heterocycles. The first-order valence-electron chi connectivity index (χ1n) is 29.5. The molecule has 0 spiro atoms. The van der Waals surface area contributed by atoms with E-state index in [4.69, 9.17) is 4.74 Å². The molecule has 6 heteroatoms.